The van der Waals surface area contributed by atoms with Crippen LogP contribution in [0.5, 0.6) is 0 Å². The van der Waals surface area contributed by atoms with Crippen LogP contribution in [0.1, 0.15) is 16.8 Å². The van der Waals surface area contributed by atoms with Gasteiger partial charge in [0.2, 0.25) is 0 Å². The molecule has 0 saturated heterocycles. The van der Waals surface area contributed by atoms with E-state index in [-0.39, 0.29) is 5.56 Å². The van der Waals surface area contributed by atoms with Gasteiger partial charge in [0.15, 0.2) is 0 Å². The topological polar surface area (TPSA) is 39.1 Å². The molecule has 100 valence electrons. The molecule has 1 aromatic carbocycles. The average Bonchev–Trinajstić information content (AvgIpc) is 2.38. The summed E-state index contributed by atoms with van der Waals surface area (Å²) in [6.07, 6.45) is 2.10. The zero-order valence-electron chi connectivity index (χ0n) is 9.83. The third-order valence-electron chi connectivity index (χ3n) is 2.79. The number of aromatic nitrogens is 1. The third kappa shape index (κ3) is 2.94. The molecule has 2 rings (SSSR count). The molecule has 3 nitrogen and oxygen atoms in total. The van der Waals surface area contributed by atoms with Gasteiger partial charge in [0.05, 0.1) is 5.56 Å². The predicted octanol–water partition coefficient (Wildman–Crippen LogP) is 3.66. The number of hydrogen-bond donors (Lipinski definition) is 0. The fourth-order valence-electron chi connectivity index (χ4n) is 1.92. The number of pyridine rings is 1. The second-order valence-electron chi connectivity index (χ2n) is 4.05. The van der Waals surface area contributed by atoms with Crippen LogP contribution >= 0.6 is 34.8 Å². The van der Waals surface area contributed by atoms with E-state index in [4.69, 9.17) is 34.8 Å². The number of carbonyl (C=O) groups excluding carboxylic acids is 1. The number of halogens is 3. The Morgan fingerprint density at radius 3 is 2.63 bits per heavy atom. The smallest absolute Gasteiger partial charge is 0.258 e. The van der Waals surface area contributed by atoms with Crippen LogP contribution in [0, 0.1) is 0 Å². The Balaban J connectivity index is 2.75. The van der Waals surface area contributed by atoms with Gasteiger partial charge in [-0.1, -0.05) is 17.7 Å². The van der Waals surface area contributed by atoms with Crippen molar-refractivity contribution < 1.29 is 4.79 Å². The number of aryl methyl sites for hydroxylation is 1. The van der Waals surface area contributed by atoms with Crippen LogP contribution < -0.4 is 5.56 Å². The van der Waals surface area contributed by atoms with E-state index in [2.05, 4.69) is 0 Å². The maximum atomic E-state index is 12.3. The second-order valence-corrected chi connectivity index (χ2v) is 5.21. The minimum absolute atomic E-state index is 0.204. The van der Waals surface area contributed by atoms with Gasteiger partial charge in [0.25, 0.3) is 10.8 Å². The largest absolute Gasteiger partial charge is 0.314 e. The van der Waals surface area contributed by atoms with Crippen molar-refractivity contribution in [1.82, 2.24) is 4.57 Å². The van der Waals surface area contributed by atoms with Crippen LogP contribution in [0.2, 0.25) is 5.02 Å². The fourth-order valence-corrected chi connectivity index (χ4v) is 2.36. The van der Waals surface area contributed by atoms with Crippen LogP contribution in [-0.4, -0.2) is 15.7 Å². The molecule has 0 aliphatic heterocycles. The molecular weight excluding hydrogens is 309 g/mol. The Labute approximate surface area is 124 Å². The Bertz CT molecular complexity index is 694. The average molecular weight is 319 g/mol. The molecule has 0 amide bonds. The van der Waals surface area contributed by atoms with Gasteiger partial charge >= 0.3 is 0 Å². The van der Waals surface area contributed by atoms with Crippen molar-refractivity contribution in [2.24, 2.45) is 0 Å². The highest BCUT2D eigenvalue weighted by molar-refractivity contribution is 6.68. The number of nitrogens with zero attached hydrogens (tertiary/aromatic N) is 1. The van der Waals surface area contributed by atoms with Crippen LogP contribution in [0.25, 0.3) is 10.8 Å². The Morgan fingerprint density at radius 2 is 2.00 bits per heavy atom. The zero-order valence-corrected chi connectivity index (χ0v) is 12.1. The quantitative estimate of drug-likeness (QED) is 0.637. The standard InChI is InChI=1S/C13H10Cl3NO2/c14-4-1-5-17-7-11(12(16)18)9-3-2-8(15)6-10(9)13(17)19/h2-3,6-7H,1,4-5H2. The van der Waals surface area contributed by atoms with Gasteiger partial charge in [-0.2, -0.15) is 0 Å². The molecule has 0 fully saturated rings. The third-order valence-corrected chi connectivity index (χ3v) is 3.50. The molecule has 0 aliphatic carbocycles. The van der Waals surface area contributed by atoms with Crippen LogP contribution in [0.4, 0.5) is 0 Å². The normalized spacial score (nSPS) is 10.9. The monoisotopic (exact) mass is 317 g/mol. The summed E-state index contributed by atoms with van der Waals surface area (Å²) in [4.78, 5) is 23.7. The lowest BCUT2D eigenvalue weighted by Crippen LogP contribution is -2.21. The summed E-state index contributed by atoms with van der Waals surface area (Å²) in [7, 11) is 0. The highest BCUT2D eigenvalue weighted by atomic mass is 35.5. The van der Waals surface area contributed by atoms with Crippen molar-refractivity contribution in [1.29, 1.82) is 0 Å². The van der Waals surface area contributed by atoms with E-state index in [1.165, 1.54) is 10.8 Å². The highest BCUT2D eigenvalue weighted by Crippen LogP contribution is 2.21. The molecule has 0 aliphatic rings. The molecule has 0 atom stereocenters. The molecule has 0 saturated carbocycles. The number of carbonyl (C=O) groups is 1. The van der Waals surface area contributed by atoms with E-state index in [9.17, 15) is 9.59 Å². The number of hydrogen-bond acceptors (Lipinski definition) is 2. The minimum atomic E-state index is -0.605. The summed E-state index contributed by atoms with van der Waals surface area (Å²) < 4.78 is 1.44. The minimum Gasteiger partial charge on any atom is -0.314 e. The summed E-state index contributed by atoms with van der Waals surface area (Å²) in [5, 5.41) is 0.727. The summed E-state index contributed by atoms with van der Waals surface area (Å²) in [5.41, 5.74) is 0.0896. The summed E-state index contributed by atoms with van der Waals surface area (Å²) in [6.45, 7) is 0.432. The lowest BCUT2D eigenvalue weighted by molar-refractivity contribution is 0.108. The Kier molecular flexibility index (Phi) is 4.50. The van der Waals surface area contributed by atoms with E-state index in [1.807, 2.05) is 0 Å². The second kappa shape index (κ2) is 5.95. The fraction of sp³-hybridized carbons (Fsp3) is 0.231. The van der Waals surface area contributed by atoms with Gasteiger partial charge in [-0.05, 0) is 30.2 Å². The number of rotatable bonds is 4. The molecule has 1 aromatic heterocycles. The van der Waals surface area contributed by atoms with Gasteiger partial charge in [0, 0.05) is 34.4 Å². The first-order valence-electron chi connectivity index (χ1n) is 5.63. The summed E-state index contributed by atoms with van der Waals surface area (Å²) in [6, 6.07) is 4.79. The maximum Gasteiger partial charge on any atom is 0.258 e. The van der Waals surface area contributed by atoms with Crippen molar-refractivity contribution in [3.05, 3.63) is 45.3 Å². The lowest BCUT2D eigenvalue weighted by atomic mass is 10.1. The van der Waals surface area contributed by atoms with Crippen molar-refractivity contribution in [2.45, 2.75) is 13.0 Å². The zero-order chi connectivity index (χ0) is 14.0. The number of benzene rings is 1. The molecule has 0 bridgehead atoms. The van der Waals surface area contributed by atoms with Crippen molar-refractivity contribution in [2.75, 3.05) is 5.88 Å². The highest BCUT2D eigenvalue weighted by Gasteiger charge is 2.13. The van der Waals surface area contributed by atoms with Gasteiger partial charge in [-0.25, -0.2) is 0 Å². The van der Waals surface area contributed by atoms with Crippen LogP contribution in [-0.2, 0) is 6.54 Å². The molecule has 6 heteroatoms. The van der Waals surface area contributed by atoms with Crippen LogP contribution in [0.15, 0.2) is 29.2 Å². The number of fused-ring (bicyclic) bond motifs is 1. The van der Waals surface area contributed by atoms with E-state index in [0.29, 0.717) is 40.2 Å². The Hall–Kier alpha value is -1.03. The molecule has 1 heterocycles. The first-order valence-corrected chi connectivity index (χ1v) is 6.92. The van der Waals surface area contributed by atoms with Gasteiger partial charge in [-0.15, -0.1) is 11.6 Å². The van der Waals surface area contributed by atoms with Gasteiger partial charge in [-0.3, -0.25) is 9.59 Å². The number of alkyl halides is 1. The first kappa shape index (κ1) is 14.4. The van der Waals surface area contributed by atoms with Crippen molar-refractivity contribution in [3.8, 4) is 0 Å². The van der Waals surface area contributed by atoms with E-state index in [0.717, 1.165) is 0 Å². The van der Waals surface area contributed by atoms with Crippen molar-refractivity contribution in [3.63, 3.8) is 0 Å². The summed E-state index contributed by atoms with van der Waals surface area (Å²) >= 11 is 17.1. The summed E-state index contributed by atoms with van der Waals surface area (Å²) in [5.74, 6) is 0.435. The Morgan fingerprint density at radius 1 is 1.26 bits per heavy atom. The van der Waals surface area contributed by atoms with E-state index < -0.39 is 5.24 Å². The van der Waals surface area contributed by atoms with Crippen molar-refractivity contribution >= 4 is 50.8 Å². The SMILES string of the molecule is O=C(Cl)c1cn(CCCCl)c(=O)c2cc(Cl)ccc12. The molecule has 0 radical (unpaired) electrons. The first-order chi connectivity index (χ1) is 9.04. The maximum absolute atomic E-state index is 12.3. The lowest BCUT2D eigenvalue weighted by Gasteiger charge is -2.09. The van der Waals surface area contributed by atoms with Gasteiger partial charge < -0.3 is 4.57 Å². The molecule has 0 N–H and O–H groups in total. The van der Waals surface area contributed by atoms with E-state index >= 15 is 0 Å². The predicted molar refractivity (Wildman–Crippen MR) is 78.7 cm³/mol. The molecule has 19 heavy (non-hydrogen) atoms. The molecule has 2 aromatic rings. The van der Waals surface area contributed by atoms with Crippen LogP contribution in [0.3, 0.4) is 0 Å². The van der Waals surface area contributed by atoms with Gasteiger partial charge in [0.1, 0.15) is 0 Å². The van der Waals surface area contributed by atoms with E-state index in [1.54, 1.807) is 18.2 Å². The molecular formula is C13H10Cl3NO2. The molecule has 0 spiro atoms. The molecule has 0 unspecified atom stereocenters.